The summed E-state index contributed by atoms with van der Waals surface area (Å²) < 4.78 is 4.70. The Kier molecular flexibility index (Phi) is 6.50. The number of hydrogen-bond donors (Lipinski definition) is 1. The molecule has 0 bridgehead atoms. The van der Waals surface area contributed by atoms with E-state index < -0.39 is 5.97 Å². The van der Waals surface area contributed by atoms with Crippen molar-refractivity contribution in [2.45, 2.75) is 5.75 Å². The molecule has 0 aliphatic heterocycles. The maximum Gasteiger partial charge on any atom is 0.339 e. The van der Waals surface area contributed by atoms with Gasteiger partial charge in [0.05, 0.1) is 24.1 Å². The first-order valence-corrected chi connectivity index (χ1v) is 8.43. The van der Waals surface area contributed by atoms with Gasteiger partial charge in [0.2, 0.25) is 5.91 Å². The van der Waals surface area contributed by atoms with Gasteiger partial charge in [0.15, 0.2) is 0 Å². The molecule has 0 saturated heterocycles. The Bertz CT molecular complexity index is 706. The number of carbonyl (C=O) groups excluding carboxylic acids is 2. The molecule has 0 aromatic heterocycles. The third-order valence-electron chi connectivity index (χ3n) is 3.00. The van der Waals surface area contributed by atoms with Crippen molar-refractivity contribution in [2.24, 2.45) is 0 Å². The van der Waals surface area contributed by atoms with Gasteiger partial charge in [-0.25, -0.2) is 4.79 Å². The highest BCUT2D eigenvalue weighted by molar-refractivity contribution is 7.99. The van der Waals surface area contributed by atoms with E-state index in [1.807, 2.05) is 24.3 Å². The zero-order chi connectivity index (χ0) is 16.7. The topological polar surface area (TPSA) is 55.4 Å². The Morgan fingerprint density at radius 2 is 1.96 bits per heavy atom. The molecule has 0 unspecified atom stereocenters. The van der Waals surface area contributed by atoms with E-state index >= 15 is 0 Å². The van der Waals surface area contributed by atoms with Crippen LogP contribution in [0.5, 0.6) is 0 Å². The lowest BCUT2D eigenvalue weighted by Gasteiger charge is -2.09. The summed E-state index contributed by atoms with van der Waals surface area (Å²) in [4.78, 5) is 23.7. The SMILES string of the molecule is COC(=O)c1ccccc1NC(=O)CSCc1cccc(Cl)c1. The minimum atomic E-state index is -0.479. The summed E-state index contributed by atoms with van der Waals surface area (Å²) in [5.41, 5.74) is 1.85. The molecule has 120 valence electrons. The summed E-state index contributed by atoms with van der Waals surface area (Å²) in [6.07, 6.45) is 0. The van der Waals surface area contributed by atoms with Gasteiger partial charge in [0.1, 0.15) is 0 Å². The van der Waals surface area contributed by atoms with Gasteiger partial charge in [-0.2, -0.15) is 0 Å². The van der Waals surface area contributed by atoms with E-state index in [1.54, 1.807) is 24.3 Å². The van der Waals surface area contributed by atoms with Crippen LogP contribution in [-0.4, -0.2) is 24.7 Å². The third-order valence-corrected chi connectivity index (χ3v) is 4.24. The normalized spacial score (nSPS) is 10.2. The lowest BCUT2D eigenvalue weighted by atomic mass is 10.2. The van der Waals surface area contributed by atoms with Crippen molar-refractivity contribution in [1.29, 1.82) is 0 Å². The molecule has 0 atom stereocenters. The molecule has 1 amide bonds. The fourth-order valence-electron chi connectivity index (χ4n) is 1.95. The van der Waals surface area contributed by atoms with Crippen molar-refractivity contribution in [3.63, 3.8) is 0 Å². The van der Waals surface area contributed by atoms with Crippen molar-refractivity contribution < 1.29 is 14.3 Å². The largest absolute Gasteiger partial charge is 0.465 e. The molecule has 0 fully saturated rings. The highest BCUT2D eigenvalue weighted by atomic mass is 35.5. The predicted molar refractivity (Wildman–Crippen MR) is 94.0 cm³/mol. The van der Waals surface area contributed by atoms with Gasteiger partial charge in [-0.3, -0.25) is 4.79 Å². The molecule has 0 saturated carbocycles. The van der Waals surface area contributed by atoms with E-state index in [2.05, 4.69) is 5.32 Å². The monoisotopic (exact) mass is 349 g/mol. The summed E-state index contributed by atoms with van der Waals surface area (Å²) in [6, 6.07) is 14.3. The zero-order valence-electron chi connectivity index (χ0n) is 12.5. The number of anilines is 1. The average Bonchev–Trinajstić information content (AvgIpc) is 2.55. The summed E-state index contributed by atoms with van der Waals surface area (Å²) in [5.74, 6) is 0.315. The van der Waals surface area contributed by atoms with Crippen LogP contribution in [0, 0.1) is 0 Å². The molecule has 6 heteroatoms. The summed E-state index contributed by atoms with van der Waals surface area (Å²) >= 11 is 7.40. The molecule has 0 aliphatic carbocycles. The fraction of sp³-hybridized carbons (Fsp3) is 0.176. The number of hydrogen-bond acceptors (Lipinski definition) is 4. The van der Waals surface area contributed by atoms with Crippen molar-refractivity contribution in [2.75, 3.05) is 18.2 Å². The van der Waals surface area contributed by atoms with E-state index in [1.165, 1.54) is 18.9 Å². The molecule has 23 heavy (non-hydrogen) atoms. The highest BCUT2D eigenvalue weighted by Gasteiger charge is 2.13. The molecule has 2 rings (SSSR count). The molecular weight excluding hydrogens is 334 g/mol. The minimum Gasteiger partial charge on any atom is -0.465 e. The quantitative estimate of drug-likeness (QED) is 0.801. The number of para-hydroxylation sites is 1. The molecule has 2 aromatic rings. The predicted octanol–water partition coefficient (Wildman–Crippen LogP) is 4.00. The van der Waals surface area contributed by atoms with Crippen molar-refractivity contribution in [3.8, 4) is 0 Å². The van der Waals surface area contributed by atoms with Crippen LogP contribution >= 0.6 is 23.4 Å². The number of rotatable bonds is 6. The van der Waals surface area contributed by atoms with Crippen LogP contribution in [-0.2, 0) is 15.3 Å². The number of halogens is 1. The van der Waals surface area contributed by atoms with Crippen LogP contribution in [0.4, 0.5) is 5.69 Å². The van der Waals surface area contributed by atoms with Crippen LogP contribution in [0.1, 0.15) is 15.9 Å². The first-order chi connectivity index (χ1) is 11.1. The van der Waals surface area contributed by atoms with E-state index in [-0.39, 0.29) is 11.7 Å². The first-order valence-electron chi connectivity index (χ1n) is 6.89. The standard InChI is InChI=1S/C17H16ClNO3S/c1-22-17(21)14-7-2-3-8-15(14)19-16(20)11-23-10-12-5-4-6-13(18)9-12/h2-9H,10-11H2,1H3,(H,19,20). The Morgan fingerprint density at radius 1 is 1.17 bits per heavy atom. The van der Waals surface area contributed by atoms with Crippen LogP contribution < -0.4 is 5.32 Å². The molecule has 0 spiro atoms. The Hall–Kier alpha value is -1.98. The van der Waals surface area contributed by atoms with Crippen molar-refractivity contribution in [3.05, 3.63) is 64.7 Å². The fourth-order valence-corrected chi connectivity index (χ4v) is 2.94. The summed E-state index contributed by atoms with van der Waals surface area (Å²) in [5, 5.41) is 3.42. The second kappa shape index (κ2) is 8.60. The highest BCUT2D eigenvalue weighted by Crippen LogP contribution is 2.19. The number of methoxy groups -OCH3 is 1. The number of benzene rings is 2. The maximum absolute atomic E-state index is 12.0. The minimum absolute atomic E-state index is 0.173. The smallest absolute Gasteiger partial charge is 0.339 e. The number of thioether (sulfide) groups is 1. The van der Waals surface area contributed by atoms with E-state index in [0.717, 1.165) is 5.56 Å². The second-order valence-electron chi connectivity index (χ2n) is 4.71. The first kappa shape index (κ1) is 17.4. The van der Waals surface area contributed by atoms with Crippen molar-refractivity contribution >= 4 is 40.9 Å². The number of amides is 1. The Labute approximate surface area is 144 Å². The zero-order valence-corrected chi connectivity index (χ0v) is 14.1. The lowest BCUT2D eigenvalue weighted by molar-refractivity contribution is -0.113. The third kappa shape index (κ3) is 5.30. The van der Waals surface area contributed by atoms with Gasteiger partial charge in [0.25, 0.3) is 0 Å². The molecule has 0 aliphatic rings. The van der Waals surface area contributed by atoms with E-state index in [9.17, 15) is 9.59 Å². The van der Waals surface area contributed by atoms with Crippen molar-refractivity contribution in [1.82, 2.24) is 0 Å². The summed E-state index contributed by atoms with van der Waals surface area (Å²) in [7, 11) is 1.31. The van der Waals surface area contributed by atoms with E-state index in [0.29, 0.717) is 22.0 Å². The molecule has 1 N–H and O–H groups in total. The number of nitrogens with one attached hydrogen (secondary N) is 1. The average molecular weight is 350 g/mol. The molecule has 0 heterocycles. The molecule has 0 radical (unpaired) electrons. The van der Waals surface area contributed by atoms with Gasteiger partial charge >= 0.3 is 5.97 Å². The Morgan fingerprint density at radius 3 is 2.70 bits per heavy atom. The number of carbonyl (C=O) groups is 2. The molecule has 4 nitrogen and oxygen atoms in total. The number of esters is 1. The molecular formula is C17H16ClNO3S. The van der Waals surface area contributed by atoms with Crippen LogP contribution in [0.15, 0.2) is 48.5 Å². The second-order valence-corrected chi connectivity index (χ2v) is 6.13. The van der Waals surface area contributed by atoms with Gasteiger partial charge in [-0.1, -0.05) is 35.9 Å². The summed E-state index contributed by atoms with van der Waals surface area (Å²) in [6.45, 7) is 0. The van der Waals surface area contributed by atoms with Gasteiger partial charge in [0, 0.05) is 10.8 Å². The Balaban J connectivity index is 1.89. The van der Waals surface area contributed by atoms with Crippen LogP contribution in [0.3, 0.4) is 0 Å². The molecule has 2 aromatic carbocycles. The number of ether oxygens (including phenoxy) is 1. The van der Waals surface area contributed by atoms with Gasteiger partial charge in [-0.15, -0.1) is 11.8 Å². The van der Waals surface area contributed by atoms with E-state index in [4.69, 9.17) is 16.3 Å². The van der Waals surface area contributed by atoms with Gasteiger partial charge in [-0.05, 0) is 29.8 Å². The van der Waals surface area contributed by atoms with Crippen LogP contribution in [0.25, 0.3) is 0 Å². The van der Waals surface area contributed by atoms with Crippen LogP contribution in [0.2, 0.25) is 5.02 Å². The van der Waals surface area contributed by atoms with Gasteiger partial charge < -0.3 is 10.1 Å². The maximum atomic E-state index is 12.0. The lowest BCUT2D eigenvalue weighted by Crippen LogP contribution is -2.17.